The molecule has 0 saturated heterocycles. The fraction of sp³-hybridized carbons (Fsp3) is 0.524. The lowest BCUT2D eigenvalue weighted by Gasteiger charge is -2.26. The van der Waals surface area contributed by atoms with Crippen LogP contribution in [0.2, 0.25) is 0 Å². The fourth-order valence-electron chi connectivity index (χ4n) is 4.02. The van der Waals surface area contributed by atoms with Gasteiger partial charge in [-0.15, -0.1) is 0 Å². The molecule has 0 saturated carbocycles. The molecule has 1 aromatic heterocycles. The summed E-state index contributed by atoms with van der Waals surface area (Å²) in [5, 5.41) is 13.6. The molecule has 0 spiro atoms. The second-order valence-electron chi connectivity index (χ2n) is 7.38. The smallest absolute Gasteiger partial charge is 0.267 e. The lowest BCUT2D eigenvalue weighted by atomic mass is 9.95. The quantitative estimate of drug-likeness (QED) is 0.714. The molecule has 0 bridgehead atoms. The topological polar surface area (TPSA) is 74.6 Å². The van der Waals surface area contributed by atoms with Gasteiger partial charge in [-0.05, 0) is 63.5 Å². The summed E-state index contributed by atoms with van der Waals surface area (Å²) in [6, 6.07) is 2.47. The third-order valence-electron chi connectivity index (χ3n) is 5.65. The molecule has 1 amide bonds. The second kappa shape index (κ2) is 8.31. The molecule has 152 valence electrons. The SMILES string of the molecule is CCN(CC)CCCNC(=O)c1c(O)c2cc(F)cc3c2n(c1=O)[C@@H](C)CC3. The maximum absolute atomic E-state index is 14.0. The van der Waals surface area contributed by atoms with Crippen molar-refractivity contribution in [2.75, 3.05) is 26.2 Å². The molecule has 28 heavy (non-hydrogen) atoms. The maximum Gasteiger partial charge on any atom is 0.267 e. The predicted molar refractivity (Wildman–Crippen MR) is 108 cm³/mol. The maximum atomic E-state index is 14.0. The average molecular weight is 389 g/mol. The lowest BCUT2D eigenvalue weighted by molar-refractivity contribution is 0.0947. The second-order valence-corrected chi connectivity index (χ2v) is 7.38. The van der Waals surface area contributed by atoms with Gasteiger partial charge in [0.1, 0.15) is 17.1 Å². The number of hydrogen-bond acceptors (Lipinski definition) is 4. The highest BCUT2D eigenvalue weighted by molar-refractivity contribution is 6.03. The highest BCUT2D eigenvalue weighted by atomic mass is 19.1. The minimum absolute atomic E-state index is 0.122. The normalized spacial score (nSPS) is 16.0. The summed E-state index contributed by atoms with van der Waals surface area (Å²) in [7, 11) is 0. The van der Waals surface area contributed by atoms with Crippen molar-refractivity contribution >= 4 is 16.8 Å². The molecule has 7 heteroatoms. The van der Waals surface area contributed by atoms with Crippen molar-refractivity contribution in [1.82, 2.24) is 14.8 Å². The number of aromatic hydroxyl groups is 1. The van der Waals surface area contributed by atoms with E-state index in [0.717, 1.165) is 26.1 Å². The molecule has 1 aliphatic rings. The van der Waals surface area contributed by atoms with E-state index < -0.39 is 23.0 Å². The number of halogens is 1. The van der Waals surface area contributed by atoms with Crippen LogP contribution in [0.15, 0.2) is 16.9 Å². The van der Waals surface area contributed by atoms with Crippen molar-refractivity contribution in [2.45, 2.75) is 46.1 Å². The highest BCUT2D eigenvalue weighted by Gasteiger charge is 2.28. The Balaban J connectivity index is 1.94. The Labute approximate surface area is 164 Å². The number of carbonyl (C=O) groups excluding carboxylic acids is 1. The predicted octanol–water partition coefficient (Wildman–Crippen LogP) is 2.82. The molecular formula is C21H28FN3O3. The number of pyridine rings is 1. The Morgan fingerprint density at radius 1 is 1.36 bits per heavy atom. The van der Waals surface area contributed by atoms with Gasteiger partial charge >= 0.3 is 0 Å². The van der Waals surface area contributed by atoms with Crippen LogP contribution >= 0.6 is 0 Å². The van der Waals surface area contributed by atoms with Crippen LogP contribution in [0.4, 0.5) is 4.39 Å². The van der Waals surface area contributed by atoms with Gasteiger partial charge in [-0.3, -0.25) is 9.59 Å². The van der Waals surface area contributed by atoms with Crippen LogP contribution in [0, 0.1) is 5.82 Å². The summed E-state index contributed by atoms with van der Waals surface area (Å²) in [6.07, 6.45) is 2.05. The third-order valence-corrected chi connectivity index (χ3v) is 5.65. The van der Waals surface area contributed by atoms with Crippen molar-refractivity contribution in [3.63, 3.8) is 0 Å². The van der Waals surface area contributed by atoms with Crippen LogP contribution in [0.3, 0.4) is 0 Å². The van der Waals surface area contributed by atoms with E-state index in [4.69, 9.17) is 0 Å². The number of carbonyl (C=O) groups is 1. The number of nitrogens with one attached hydrogen (secondary N) is 1. The van der Waals surface area contributed by atoms with Gasteiger partial charge in [0.15, 0.2) is 0 Å². The number of benzene rings is 1. The number of nitrogens with zero attached hydrogens (tertiary/aromatic N) is 2. The molecule has 0 aliphatic carbocycles. The first-order valence-electron chi connectivity index (χ1n) is 9.99. The minimum atomic E-state index is -0.615. The Kier molecular flexibility index (Phi) is 6.03. The monoisotopic (exact) mass is 389 g/mol. The van der Waals surface area contributed by atoms with Crippen LogP contribution < -0.4 is 10.9 Å². The van der Waals surface area contributed by atoms with E-state index in [0.29, 0.717) is 30.5 Å². The molecular weight excluding hydrogens is 361 g/mol. The zero-order chi connectivity index (χ0) is 20.4. The molecule has 0 unspecified atom stereocenters. The van der Waals surface area contributed by atoms with Gasteiger partial charge in [0.2, 0.25) is 0 Å². The molecule has 3 rings (SSSR count). The van der Waals surface area contributed by atoms with Crippen molar-refractivity contribution in [2.24, 2.45) is 0 Å². The molecule has 0 radical (unpaired) electrons. The standard InChI is InChI=1S/C21H28FN3O3/c1-4-24(5-2)10-6-9-23-20(27)17-19(26)16-12-15(22)11-14-8-7-13(3)25(18(14)16)21(17)28/h11-13,26H,4-10H2,1-3H3,(H,23,27)/t13-/m0/s1. The number of aromatic nitrogens is 1. The highest BCUT2D eigenvalue weighted by Crippen LogP contribution is 2.35. The first kappa shape index (κ1) is 20.3. The molecule has 1 atom stereocenters. The summed E-state index contributed by atoms with van der Waals surface area (Å²) >= 11 is 0. The summed E-state index contributed by atoms with van der Waals surface area (Å²) in [5.41, 5.74) is 0.388. The number of hydrogen-bond donors (Lipinski definition) is 2. The third kappa shape index (κ3) is 3.63. The van der Waals surface area contributed by atoms with E-state index in [1.165, 1.54) is 16.7 Å². The Morgan fingerprint density at radius 3 is 2.75 bits per heavy atom. The van der Waals surface area contributed by atoms with E-state index >= 15 is 0 Å². The summed E-state index contributed by atoms with van der Waals surface area (Å²) in [4.78, 5) is 28.0. The largest absolute Gasteiger partial charge is 0.506 e. The Morgan fingerprint density at radius 2 is 2.07 bits per heavy atom. The van der Waals surface area contributed by atoms with E-state index in [1.807, 2.05) is 6.92 Å². The van der Waals surface area contributed by atoms with Crippen molar-refractivity contribution in [3.8, 4) is 5.75 Å². The number of amides is 1. The minimum Gasteiger partial charge on any atom is -0.506 e. The van der Waals surface area contributed by atoms with Gasteiger partial charge in [0.05, 0.1) is 5.52 Å². The van der Waals surface area contributed by atoms with Crippen LogP contribution in [0.5, 0.6) is 5.75 Å². The molecule has 1 aliphatic heterocycles. The average Bonchev–Trinajstić information content (AvgIpc) is 2.67. The van der Waals surface area contributed by atoms with Crippen molar-refractivity contribution < 1.29 is 14.3 Å². The van der Waals surface area contributed by atoms with Gasteiger partial charge < -0.3 is 19.9 Å². The number of aryl methyl sites for hydroxylation is 1. The molecule has 2 heterocycles. The van der Waals surface area contributed by atoms with Crippen molar-refractivity contribution in [1.29, 1.82) is 0 Å². The summed E-state index contributed by atoms with van der Waals surface area (Å²) < 4.78 is 15.6. The van der Waals surface area contributed by atoms with Gasteiger partial charge in [-0.25, -0.2) is 4.39 Å². The molecule has 2 N–H and O–H groups in total. The number of rotatable bonds is 7. The van der Waals surface area contributed by atoms with E-state index in [9.17, 15) is 19.1 Å². The molecule has 0 fully saturated rings. The lowest BCUT2D eigenvalue weighted by Crippen LogP contribution is -2.37. The Hall–Kier alpha value is -2.41. The van der Waals surface area contributed by atoms with Crippen LogP contribution in [-0.4, -0.2) is 46.7 Å². The first-order chi connectivity index (χ1) is 13.4. The van der Waals surface area contributed by atoms with Gasteiger partial charge in [-0.2, -0.15) is 0 Å². The Bertz CT molecular complexity index is 950. The summed E-state index contributed by atoms with van der Waals surface area (Å²) in [5.74, 6) is -1.54. The van der Waals surface area contributed by atoms with E-state index in [-0.39, 0.29) is 17.0 Å². The zero-order valence-corrected chi connectivity index (χ0v) is 16.7. The first-order valence-corrected chi connectivity index (χ1v) is 9.99. The molecule has 2 aromatic rings. The van der Waals surface area contributed by atoms with Crippen LogP contribution in [0.1, 0.15) is 55.6 Å². The van der Waals surface area contributed by atoms with Gasteiger partial charge in [0, 0.05) is 18.0 Å². The van der Waals surface area contributed by atoms with E-state index in [1.54, 1.807) is 0 Å². The molecule has 6 nitrogen and oxygen atoms in total. The van der Waals surface area contributed by atoms with Gasteiger partial charge in [0.25, 0.3) is 11.5 Å². The van der Waals surface area contributed by atoms with Crippen LogP contribution in [-0.2, 0) is 6.42 Å². The zero-order valence-electron chi connectivity index (χ0n) is 16.7. The van der Waals surface area contributed by atoms with Crippen molar-refractivity contribution in [3.05, 3.63) is 39.4 Å². The van der Waals surface area contributed by atoms with Crippen LogP contribution in [0.25, 0.3) is 10.9 Å². The van der Waals surface area contributed by atoms with Gasteiger partial charge in [-0.1, -0.05) is 13.8 Å². The molecule has 1 aromatic carbocycles. The fourth-order valence-corrected chi connectivity index (χ4v) is 4.02. The van der Waals surface area contributed by atoms with E-state index in [2.05, 4.69) is 24.1 Å². The summed E-state index contributed by atoms with van der Waals surface area (Å²) in [6.45, 7) is 9.17.